The number of aryl methyl sites for hydroxylation is 2. The Morgan fingerprint density at radius 1 is 1.25 bits per heavy atom. The van der Waals surface area contributed by atoms with Gasteiger partial charge in [0.05, 0.1) is 4.90 Å². The van der Waals surface area contributed by atoms with Crippen LogP contribution >= 0.6 is 0 Å². The molecule has 1 saturated heterocycles. The van der Waals surface area contributed by atoms with Crippen LogP contribution in [0, 0.1) is 19.8 Å². The van der Waals surface area contributed by atoms with Gasteiger partial charge in [-0.15, -0.1) is 0 Å². The minimum absolute atomic E-state index is 0.344. The maximum Gasteiger partial charge on any atom is 0.243 e. The van der Waals surface area contributed by atoms with Crippen molar-refractivity contribution in [2.24, 2.45) is 5.92 Å². The molecule has 0 unspecified atom stereocenters. The third kappa shape index (κ3) is 3.13. The first-order valence-corrected chi connectivity index (χ1v) is 9.81. The highest BCUT2D eigenvalue weighted by molar-refractivity contribution is 7.89. The molecule has 130 valence electrons. The van der Waals surface area contributed by atoms with E-state index in [1.165, 1.54) is 0 Å². The van der Waals surface area contributed by atoms with Crippen LogP contribution in [0.5, 0.6) is 0 Å². The Bertz CT molecular complexity index is 834. The summed E-state index contributed by atoms with van der Waals surface area (Å²) in [6, 6.07) is 5.59. The zero-order valence-corrected chi connectivity index (χ0v) is 15.5. The molecule has 0 N–H and O–H groups in total. The maximum atomic E-state index is 12.8. The monoisotopic (exact) mass is 347 g/mol. The zero-order chi connectivity index (χ0) is 17.5. The minimum Gasteiger partial charge on any atom is -0.334 e. The van der Waals surface area contributed by atoms with Crippen LogP contribution in [0.4, 0.5) is 0 Å². The Morgan fingerprint density at radius 2 is 1.96 bits per heavy atom. The van der Waals surface area contributed by atoms with Gasteiger partial charge < -0.3 is 4.57 Å². The van der Waals surface area contributed by atoms with E-state index in [2.05, 4.69) is 23.4 Å². The Morgan fingerprint density at radius 3 is 2.62 bits per heavy atom. The molecule has 2 heterocycles. The molecule has 2 aromatic rings. The smallest absolute Gasteiger partial charge is 0.243 e. The van der Waals surface area contributed by atoms with Crippen molar-refractivity contribution in [2.45, 2.75) is 45.1 Å². The van der Waals surface area contributed by atoms with Gasteiger partial charge in [0.15, 0.2) is 0 Å². The third-order valence-corrected chi connectivity index (χ3v) is 6.58. The van der Waals surface area contributed by atoms with E-state index in [1.807, 2.05) is 38.4 Å². The number of nitrogens with zero attached hydrogens (tertiary/aromatic N) is 3. The summed E-state index contributed by atoms with van der Waals surface area (Å²) >= 11 is 0. The summed E-state index contributed by atoms with van der Waals surface area (Å²) in [5.74, 6) is 1.78. The van der Waals surface area contributed by atoms with Crippen molar-refractivity contribution >= 4 is 10.0 Å². The molecule has 3 rings (SSSR count). The number of sulfonamides is 1. The average Bonchev–Trinajstić information content (AvgIpc) is 2.93. The van der Waals surface area contributed by atoms with Crippen molar-refractivity contribution in [1.82, 2.24) is 13.9 Å². The predicted octanol–water partition coefficient (Wildman–Crippen LogP) is 2.94. The number of hydrogen-bond acceptors (Lipinski definition) is 3. The van der Waals surface area contributed by atoms with Gasteiger partial charge in [-0.1, -0.05) is 26.0 Å². The highest BCUT2D eigenvalue weighted by Gasteiger charge is 2.37. The fourth-order valence-electron chi connectivity index (χ4n) is 3.21. The van der Waals surface area contributed by atoms with Gasteiger partial charge in [0, 0.05) is 43.9 Å². The van der Waals surface area contributed by atoms with Crippen molar-refractivity contribution in [3.8, 4) is 0 Å². The number of benzene rings is 1. The molecule has 0 amide bonds. The summed E-state index contributed by atoms with van der Waals surface area (Å²) in [4.78, 5) is 4.83. The molecule has 1 aromatic heterocycles. The first-order valence-electron chi connectivity index (χ1n) is 8.37. The van der Waals surface area contributed by atoms with Crippen LogP contribution in [-0.4, -0.2) is 35.4 Å². The van der Waals surface area contributed by atoms with E-state index in [0.29, 0.717) is 29.8 Å². The summed E-state index contributed by atoms with van der Waals surface area (Å²) in [5, 5.41) is 0. The van der Waals surface area contributed by atoms with Crippen LogP contribution < -0.4 is 0 Å². The van der Waals surface area contributed by atoms with E-state index in [0.717, 1.165) is 23.5 Å². The lowest BCUT2D eigenvalue weighted by Gasteiger charge is -2.38. The average molecular weight is 347 g/mol. The molecule has 5 nitrogen and oxygen atoms in total. The zero-order valence-electron chi connectivity index (χ0n) is 14.7. The molecule has 1 aromatic carbocycles. The van der Waals surface area contributed by atoms with E-state index >= 15 is 0 Å². The molecule has 24 heavy (non-hydrogen) atoms. The Balaban J connectivity index is 1.69. The first-order chi connectivity index (χ1) is 11.3. The van der Waals surface area contributed by atoms with Crippen molar-refractivity contribution in [3.05, 3.63) is 47.5 Å². The lowest BCUT2D eigenvalue weighted by atomic mass is 10.0. The van der Waals surface area contributed by atoms with Crippen molar-refractivity contribution in [3.63, 3.8) is 0 Å². The van der Waals surface area contributed by atoms with Gasteiger partial charge in [0.1, 0.15) is 5.82 Å². The topological polar surface area (TPSA) is 55.2 Å². The predicted molar refractivity (Wildman–Crippen MR) is 94.5 cm³/mol. The van der Waals surface area contributed by atoms with Crippen molar-refractivity contribution < 1.29 is 8.42 Å². The third-order valence-electron chi connectivity index (χ3n) is 4.60. The largest absolute Gasteiger partial charge is 0.334 e. The van der Waals surface area contributed by atoms with Crippen LogP contribution in [-0.2, 0) is 16.6 Å². The second kappa shape index (κ2) is 6.33. The van der Waals surface area contributed by atoms with E-state index in [9.17, 15) is 8.42 Å². The molecule has 0 atom stereocenters. The molecule has 1 fully saturated rings. The minimum atomic E-state index is -3.39. The van der Waals surface area contributed by atoms with Gasteiger partial charge in [-0.05, 0) is 31.0 Å². The van der Waals surface area contributed by atoms with Crippen LogP contribution in [0.2, 0.25) is 0 Å². The van der Waals surface area contributed by atoms with Crippen LogP contribution in [0.15, 0.2) is 35.5 Å². The standard InChI is InChI=1S/C18H25N3O2S/c1-13(2)18-19-7-8-20(18)10-16-11-21(12-16)24(22,23)17-9-14(3)5-6-15(17)4/h5-9,13,16H,10-12H2,1-4H3. The van der Waals surface area contributed by atoms with Crippen molar-refractivity contribution in [2.75, 3.05) is 13.1 Å². The molecule has 0 spiro atoms. The summed E-state index contributed by atoms with van der Waals surface area (Å²) in [5.41, 5.74) is 1.77. The van der Waals surface area contributed by atoms with Gasteiger partial charge in [0.2, 0.25) is 10.0 Å². The molecule has 0 bridgehead atoms. The maximum absolute atomic E-state index is 12.8. The summed E-state index contributed by atoms with van der Waals surface area (Å²) in [6.45, 7) is 9.99. The lowest BCUT2D eigenvalue weighted by molar-refractivity contribution is 0.178. The SMILES string of the molecule is Cc1ccc(C)c(S(=O)(=O)N2CC(Cn3ccnc3C(C)C)C2)c1. The highest BCUT2D eigenvalue weighted by Crippen LogP contribution is 2.29. The normalized spacial score (nSPS) is 16.5. The molecular weight excluding hydrogens is 322 g/mol. The van der Waals surface area contributed by atoms with Crippen LogP contribution in [0.1, 0.15) is 36.7 Å². The van der Waals surface area contributed by atoms with E-state index in [4.69, 9.17) is 0 Å². The fraction of sp³-hybridized carbons (Fsp3) is 0.500. The second-order valence-electron chi connectivity index (χ2n) is 7.05. The fourth-order valence-corrected chi connectivity index (χ4v) is 5.11. The van der Waals surface area contributed by atoms with Gasteiger partial charge in [-0.2, -0.15) is 4.31 Å². The molecule has 1 aliphatic rings. The number of hydrogen-bond donors (Lipinski definition) is 0. The Kier molecular flexibility index (Phi) is 4.53. The van der Waals surface area contributed by atoms with Crippen LogP contribution in [0.25, 0.3) is 0 Å². The quantitative estimate of drug-likeness (QED) is 0.835. The van der Waals surface area contributed by atoms with Gasteiger partial charge in [0.25, 0.3) is 0 Å². The number of aromatic nitrogens is 2. The van der Waals surface area contributed by atoms with Gasteiger partial charge in [-0.25, -0.2) is 13.4 Å². The van der Waals surface area contributed by atoms with E-state index in [1.54, 1.807) is 10.4 Å². The number of rotatable bonds is 5. The van der Waals surface area contributed by atoms with Crippen LogP contribution in [0.3, 0.4) is 0 Å². The lowest BCUT2D eigenvalue weighted by Crippen LogP contribution is -2.51. The first kappa shape index (κ1) is 17.2. The molecule has 0 saturated carbocycles. The number of imidazole rings is 1. The summed E-state index contributed by atoms with van der Waals surface area (Å²) in [6.07, 6.45) is 3.80. The molecule has 0 aliphatic carbocycles. The summed E-state index contributed by atoms with van der Waals surface area (Å²) < 4.78 is 29.4. The Hall–Kier alpha value is -1.66. The highest BCUT2D eigenvalue weighted by atomic mass is 32.2. The Labute approximate surface area is 144 Å². The molecule has 0 radical (unpaired) electrons. The molecular formula is C18H25N3O2S. The second-order valence-corrected chi connectivity index (χ2v) is 8.96. The van der Waals surface area contributed by atoms with Gasteiger partial charge >= 0.3 is 0 Å². The molecule has 6 heteroatoms. The summed E-state index contributed by atoms with van der Waals surface area (Å²) in [7, 11) is -3.39. The molecule has 1 aliphatic heterocycles. The van der Waals surface area contributed by atoms with Crippen molar-refractivity contribution in [1.29, 1.82) is 0 Å². The van der Waals surface area contributed by atoms with E-state index in [-0.39, 0.29) is 0 Å². The van der Waals surface area contributed by atoms with Gasteiger partial charge in [-0.3, -0.25) is 0 Å². The van der Waals surface area contributed by atoms with E-state index < -0.39 is 10.0 Å².